The lowest BCUT2D eigenvalue weighted by molar-refractivity contribution is 0.0505. The predicted octanol–water partition coefficient (Wildman–Crippen LogP) is 4.07. The molecule has 0 spiro atoms. The molecule has 0 atom stereocenters. The number of aryl methyl sites for hydroxylation is 1. The Kier molecular flexibility index (Phi) is 8.15. The van der Waals surface area contributed by atoms with E-state index in [0.29, 0.717) is 12.3 Å². The number of carbonyl (C=O) groups is 1. The van der Waals surface area contributed by atoms with Crippen LogP contribution in [0.1, 0.15) is 55.6 Å². The standard InChI is InChI=1S/C16H22F2N2O3/c1-4-5-6-8-23-16-19-10-13(12(3)20-16)15(21)22-9-7-11(2)14(17)18/h10H,4-9H2,1-3H3. The van der Waals surface area contributed by atoms with E-state index < -0.39 is 12.0 Å². The van der Waals surface area contributed by atoms with Gasteiger partial charge in [0, 0.05) is 12.6 Å². The molecule has 0 bridgehead atoms. The SMILES string of the molecule is CCCCCOc1ncc(C(=O)OCCC(C)=C(F)F)c(C)n1. The molecule has 0 unspecified atom stereocenters. The zero-order valence-corrected chi connectivity index (χ0v) is 13.7. The fourth-order valence-electron chi connectivity index (χ4n) is 1.70. The highest BCUT2D eigenvalue weighted by Gasteiger charge is 2.14. The molecule has 1 aromatic heterocycles. The smallest absolute Gasteiger partial charge is 0.341 e. The van der Waals surface area contributed by atoms with Crippen molar-refractivity contribution in [2.45, 2.75) is 46.5 Å². The van der Waals surface area contributed by atoms with E-state index in [-0.39, 0.29) is 30.2 Å². The van der Waals surface area contributed by atoms with Gasteiger partial charge < -0.3 is 9.47 Å². The molecular weight excluding hydrogens is 306 g/mol. The van der Waals surface area contributed by atoms with Gasteiger partial charge in [0.15, 0.2) is 0 Å². The van der Waals surface area contributed by atoms with Gasteiger partial charge in [0.1, 0.15) is 0 Å². The largest absolute Gasteiger partial charge is 0.463 e. The Labute approximate surface area is 134 Å². The first-order valence-electron chi connectivity index (χ1n) is 7.60. The lowest BCUT2D eigenvalue weighted by Gasteiger charge is -2.08. The summed E-state index contributed by atoms with van der Waals surface area (Å²) in [7, 11) is 0. The molecule has 1 rings (SSSR count). The third-order valence-corrected chi connectivity index (χ3v) is 3.19. The van der Waals surface area contributed by atoms with Gasteiger partial charge in [-0.25, -0.2) is 9.78 Å². The molecule has 0 amide bonds. The van der Waals surface area contributed by atoms with Crippen LogP contribution in [0.25, 0.3) is 0 Å². The van der Waals surface area contributed by atoms with Crippen molar-refractivity contribution in [1.29, 1.82) is 0 Å². The van der Waals surface area contributed by atoms with Crippen molar-refractivity contribution in [2.75, 3.05) is 13.2 Å². The monoisotopic (exact) mass is 328 g/mol. The third-order valence-electron chi connectivity index (χ3n) is 3.19. The molecule has 0 aromatic carbocycles. The summed E-state index contributed by atoms with van der Waals surface area (Å²) in [6, 6.07) is 0.216. The Morgan fingerprint density at radius 3 is 2.61 bits per heavy atom. The first kappa shape index (κ1) is 19.0. The predicted molar refractivity (Wildman–Crippen MR) is 81.6 cm³/mol. The van der Waals surface area contributed by atoms with Gasteiger partial charge in [-0.15, -0.1) is 0 Å². The summed E-state index contributed by atoms with van der Waals surface area (Å²) in [5, 5.41) is 0. The second-order valence-electron chi connectivity index (χ2n) is 5.13. The summed E-state index contributed by atoms with van der Waals surface area (Å²) >= 11 is 0. The minimum absolute atomic E-state index is 0.00734. The Morgan fingerprint density at radius 2 is 2.00 bits per heavy atom. The normalized spacial score (nSPS) is 10.3. The maximum atomic E-state index is 12.2. The molecule has 128 valence electrons. The van der Waals surface area contributed by atoms with Crippen LogP contribution in [-0.4, -0.2) is 29.2 Å². The van der Waals surface area contributed by atoms with Crippen LogP contribution in [0, 0.1) is 6.92 Å². The maximum Gasteiger partial charge on any atom is 0.341 e. The number of hydrogen-bond donors (Lipinski definition) is 0. The van der Waals surface area contributed by atoms with Gasteiger partial charge >= 0.3 is 12.0 Å². The van der Waals surface area contributed by atoms with Gasteiger partial charge in [-0.2, -0.15) is 13.8 Å². The number of unbranched alkanes of at least 4 members (excludes halogenated alkanes) is 2. The van der Waals surface area contributed by atoms with Gasteiger partial charge in [0.25, 0.3) is 6.08 Å². The molecule has 0 N–H and O–H groups in total. The number of halogens is 2. The summed E-state index contributed by atoms with van der Waals surface area (Å²) in [5.41, 5.74) is 0.536. The first-order chi connectivity index (χ1) is 11.0. The zero-order chi connectivity index (χ0) is 17.2. The van der Waals surface area contributed by atoms with Crippen molar-refractivity contribution in [2.24, 2.45) is 0 Å². The van der Waals surface area contributed by atoms with Crippen LogP contribution < -0.4 is 4.74 Å². The van der Waals surface area contributed by atoms with Gasteiger partial charge in [-0.1, -0.05) is 19.8 Å². The number of ether oxygens (including phenoxy) is 2. The molecule has 1 heterocycles. The van der Waals surface area contributed by atoms with Crippen LogP contribution >= 0.6 is 0 Å². The van der Waals surface area contributed by atoms with Crippen LogP contribution in [-0.2, 0) is 4.74 Å². The van der Waals surface area contributed by atoms with E-state index >= 15 is 0 Å². The molecular formula is C16H22F2N2O3. The first-order valence-corrected chi connectivity index (χ1v) is 7.60. The summed E-state index contributed by atoms with van der Waals surface area (Å²) in [6.45, 7) is 5.44. The van der Waals surface area contributed by atoms with E-state index in [4.69, 9.17) is 9.47 Å². The molecule has 5 nitrogen and oxygen atoms in total. The molecule has 0 saturated carbocycles. The van der Waals surface area contributed by atoms with E-state index in [1.54, 1.807) is 6.92 Å². The lowest BCUT2D eigenvalue weighted by atomic mass is 10.2. The number of aromatic nitrogens is 2. The van der Waals surface area contributed by atoms with Crippen molar-refractivity contribution in [3.63, 3.8) is 0 Å². The lowest BCUT2D eigenvalue weighted by Crippen LogP contribution is -2.11. The molecule has 23 heavy (non-hydrogen) atoms. The highest BCUT2D eigenvalue weighted by molar-refractivity contribution is 5.90. The minimum atomic E-state index is -1.75. The van der Waals surface area contributed by atoms with E-state index in [2.05, 4.69) is 16.9 Å². The van der Waals surface area contributed by atoms with Crippen LogP contribution in [0.15, 0.2) is 17.9 Å². The molecule has 1 aromatic rings. The molecule has 0 saturated heterocycles. The Morgan fingerprint density at radius 1 is 1.26 bits per heavy atom. The topological polar surface area (TPSA) is 61.3 Å². The van der Waals surface area contributed by atoms with E-state index in [1.807, 2.05) is 0 Å². The number of carbonyl (C=O) groups excluding carboxylic acids is 1. The Hall–Kier alpha value is -2.05. The van der Waals surface area contributed by atoms with Crippen LogP contribution in [0.5, 0.6) is 6.01 Å². The molecule has 0 aliphatic heterocycles. The fourth-order valence-corrected chi connectivity index (χ4v) is 1.70. The van der Waals surface area contributed by atoms with Crippen LogP contribution in [0.4, 0.5) is 8.78 Å². The second-order valence-corrected chi connectivity index (χ2v) is 5.13. The quantitative estimate of drug-likeness (QED) is 0.505. The molecule has 0 aliphatic carbocycles. The third kappa shape index (κ3) is 6.71. The molecule has 0 fully saturated rings. The highest BCUT2D eigenvalue weighted by atomic mass is 19.3. The highest BCUT2D eigenvalue weighted by Crippen LogP contribution is 2.13. The molecule has 0 aliphatic rings. The van der Waals surface area contributed by atoms with Crippen molar-refractivity contribution in [1.82, 2.24) is 9.97 Å². The van der Waals surface area contributed by atoms with Gasteiger partial charge in [0.2, 0.25) is 0 Å². The maximum absolute atomic E-state index is 12.2. The number of nitrogens with zero attached hydrogens (tertiary/aromatic N) is 2. The number of esters is 1. The zero-order valence-electron chi connectivity index (χ0n) is 13.7. The number of rotatable bonds is 9. The second kappa shape index (κ2) is 9.86. The summed E-state index contributed by atoms with van der Waals surface area (Å²) in [4.78, 5) is 19.9. The molecule has 7 heteroatoms. The van der Waals surface area contributed by atoms with Gasteiger partial charge in [0.05, 0.1) is 24.5 Å². The van der Waals surface area contributed by atoms with Crippen LogP contribution in [0.2, 0.25) is 0 Å². The van der Waals surface area contributed by atoms with Crippen molar-refractivity contribution >= 4 is 5.97 Å². The van der Waals surface area contributed by atoms with Gasteiger partial charge in [-0.05, 0) is 25.8 Å². The van der Waals surface area contributed by atoms with Crippen molar-refractivity contribution in [3.05, 3.63) is 29.1 Å². The number of hydrogen-bond acceptors (Lipinski definition) is 5. The van der Waals surface area contributed by atoms with E-state index in [0.717, 1.165) is 19.3 Å². The van der Waals surface area contributed by atoms with Crippen LogP contribution in [0.3, 0.4) is 0 Å². The van der Waals surface area contributed by atoms with E-state index in [1.165, 1.54) is 13.1 Å². The Bertz CT molecular complexity index is 558. The average molecular weight is 328 g/mol. The van der Waals surface area contributed by atoms with Crippen molar-refractivity contribution < 1.29 is 23.0 Å². The van der Waals surface area contributed by atoms with Crippen molar-refractivity contribution in [3.8, 4) is 6.01 Å². The average Bonchev–Trinajstić information content (AvgIpc) is 2.51. The summed E-state index contributed by atoms with van der Waals surface area (Å²) < 4.78 is 34.8. The summed E-state index contributed by atoms with van der Waals surface area (Å²) in [6.07, 6.45) is 2.65. The summed E-state index contributed by atoms with van der Waals surface area (Å²) in [5.74, 6) is -0.632. The van der Waals surface area contributed by atoms with E-state index in [9.17, 15) is 13.6 Å². The fraction of sp³-hybridized carbons (Fsp3) is 0.562. The minimum Gasteiger partial charge on any atom is -0.463 e. The van der Waals surface area contributed by atoms with Gasteiger partial charge in [-0.3, -0.25) is 0 Å². The molecule has 0 radical (unpaired) electrons. The Balaban J connectivity index is 2.53.